The summed E-state index contributed by atoms with van der Waals surface area (Å²) in [6.07, 6.45) is 4.51. The Labute approximate surface area is 95.0 Å². The summed E-state index contributed by atoms with van der Waals surface area (Å²) < 4.78 is 16.2. The van der Waals surface area contributed by atoms with Crippen LogP contribution in [-0.4, -0.2) is 26.5 Å². The normalized spacial score (nSPS) is 30.6. The van der Waals surface area contributed by atoms with E-state index in [4.69, 9.17) is 5.73 Å². The van der Waals surface area contributed by atoms with Crippen LogP contribution in [0.5, 0.6) is 0 Å². The molecule has 0 aromatic carbocycles. The second-order valence-corrected chi connectivity index (χ2v) is 4.66. The molecule has 16 heavy (non-hydrogen) atoms. The number of alkyl halides is 1. The highest BCUT2D eigenvalue weighted by Gasteiger charge is 2.35. The first kappa shape index (κ1) is 11.5. The average Bonchev–Trinajstić information content (AvgIpc) is 2.70. The smallest absolute Gasteiger partial charge is 0.138 e. The fraction of sp³-hybridized carbons (Fsp3) is 0.818. The molecule has 0 radical (unpaired) electrons. The standard InChI is InChI=1S/C11H19FN4/c1-2-16-10(14-8-15-16)7-11(12)5-3-9(13)4-6-11/h8-9H,2-7,13H2,1H3. The minimum Gasteiger partial charge on any atom is -0.328 e. The predicted octanol–water partition coefficient (Wildman–Crippen LogP) is 1.45. The molecule has 1 aliphatic carbocycles. The van der Waals surface area contributed by atoms with E-state index >= 15 is 0 Å². The van der Waals surface area contributed by atoms with Gasteiger partial charge in [0.15, 0.2) is 0 Å². The lowest BCUT2D eigenvalue weighted by molar-refractivity contribution is 0.0958. The molecule has 0 spiro atoms. The van der Waals surface area contributed by atoms with Gasteiger partial charge in [-0.15, -0.1) is 0 Å². The van der Waals surface area contributed by atoms with Crippen molar-refractivity contribution in [1.82, 2.24) is 14.8 Å². The van der Waals surface area contributed by atoms with Gasteiger partial charge in [-0.05, 0) is 32.6 Å². The zero-order chi connectivity index (χ0) is 11.6. The summed E-state index contributed by atoms with van der Waals surface area (Å²) in [7, 11) is 0. The number of aryl methyl sites for hydroxylation is 1. The Bertz CT molecular complexity index is 342. The third kappa shape index (κ3) is 2.40. The van der Waals surface area contributed by atoms with Crippen LogP contribution in [0, 0.1) is 0 Å². The summed E-state index contributed by atoms with van der Waals surface area (Å²) in [4.78, 5) is 4.13. The summed E-state index contributed by atoms with van der Waals surface area (Å²) in [6, 6.07) is 0.174. The van der Waals surface area contributed by atoms with E-state index in [0.717, 1.165) is 25.2 Å². The van der Waals surface area contributed by atoms with Gasteiger partial charge < -0.3 is 5.73 Å². The molecule has 1 aromatic rings. The molecule has 1 saturated carbocycles. The molecule has 1 aromatic heterocycles. The van der Waals surface area contributed by atoms with Crippen LogP contribution in [0.3, 0.4) is 0 Å². The van der Waals surface area contributed by atoms with E-state index in [1.807, 2.05) is 6.92 Å². The number of hydrogen-bond donors (Lipinski definition) is 1. The van der Waals surface area contributed by atoms with Gasteiger partial charge in [-0.1, -0.05) is 0 Å². The molecule has 0 aliphatic heterocycles. The quantitative estimate of drug-likeness (QED) is 0.848. The van der Waals surface area contributed by atoms with Crippen molar-refractivity contribution in [3.63, 3.8) is 0 Å². The Balaban J connectivity index is 2.03. The molecule has 90 valence electrons. The maximum Gasteiger partial charge on any atom is 0.138 e. The van der Waals surface area contributed by atoms with Gasteiger partial charge in [-0.2, -0.15) is 5.10 Å². The van der Waals surface area contributed by atoms with Crippen LogP contribution in [0.1, 0.15) is 38.4 Å². The Hall–Kier alpha value is -0.970. The Morgan fingerprint density at radius 3 is 2.88 bits per heavy atom. The van der Waals surface area contributed by atoms with Gasteiger partial charge in [-0.3, -0.25) is 4.68 Å². The zero-order valence-corrected chi connectivity index (χ0v) is 9.69. The van der Waals surface area contributed by atoms with Crippen LogP contribution in [0.4, 0.5) is 4.39 Å². The van der Waals surface area contributed by atoms with Crippen molar-refractivity contribution in [3.05, 3.63) is 12.2 Å². The molecule has 0 bridgehead atoms. The van der Waals surface area contributed by atoms with Crippen molar-refractivity contribution < 1.29 is 4.39 Å². The molecule has 0 saturated heterocycles. The molecular weight excluding hydrogens is 207 g/mol. The number of nitrogens with two attached hydrogens (primary N) is 1. The lowest BCUT2D eigenvalue weighted by Crippen LogP contribution is -2.37. The maximum atomic E-state index is 14.5. The van der Waals surface area contributed by atoms with Crippen LogP contribution in [0.2, 0.25) is 0 Å². The second kappa shape index (κ2) is 4.49. The minimum absolute atomic E-state index is 0.174. The van der Waals surface area contributed by atoms with Crippen molar-refractivity contribution in [1.29, 1.82) is 0 Å². The van der Waals surface area contributed by atoms with E-state index in [2.05, 4.69) is 10.1 Å². The van der Waals surface area contributed by atoms with Gasteiger partial charge in [0.25, 0.3) is 0 Å². The first-order valence-electron chi connectivity index (χ1n) is 5.94. The summed E-state index contributed by atoms with van der Waals surface area (Å²) in [5.74, 6) is 0.750. The van der Waals surface area contributed by atoms with Gasteiger partial charge in [0.05, 0.1) is 0 Å². The Morgan fingerprint density at radius 1 is 1.56 bits per heavy atom. The van der Waals surface area contributed by atoms with Gasteiger partial charge in [0, 0.05) is 19.0 Å². The van der Waals surface area contributed by atoms with Gasteiger partial charge in [0.1, 0.15) is 17.8 Å². The van der Waals surface area contributed by atoms with Crippen molar-refractivity contribution in [2.75, 3.05) is 0 Å². The van der Waals surface area contributed by atoms with E-state index in [9.17, 15) is 4.39 Å². The van der Waals surface area contributed by atoms with E-state index in [1.165, 1.54) is 6.33 Å². The summed E-state index contributed by atoms with van der Waals surface area (Å²) in [6.45, 7) is 2.73. The van der Waals surface area contributed by atoms with Crippen molar-refractivity contribution in [2.45, 2.75) is 57.3 Å². The van der Waals surface area contributed by atoms with Gasteiger partial charge in [-0.25, -0.2) is 9.37 Å². The predicted molar refractivity (Wildman–Crippen MR) is 59.7 cm³/mol. The number of rotatable bonds is 3. The molecule has 1 aliphatic rings. The number of hydrogen-bond acceptors (Lipinski definition) is 3. The SMILES string of the molecule is CCn1ncnc1CC1(F)CCC(N)CC1. The van der Waals surface area contributed by atoms with Gasteiger partial charge in [0.2, 0.25) is 0 Å². The van der Waals surface area contributed by atoms with Gasteiger partial charge >= 0.3 is 0 Å². The fourth-order valence-electron chi connectivity index (χ4n) is 2.31. The van der Waals surface area contributed by atoms with E-state index in [-0.39, 0.29) is 6.04 Å². The summed E-state index contributed by atoms with van der Waals surface area (Å²) in [5, 5.41) is 4.06. The fourth-order valence-corrected chi connectivity index (χ4v) is 2.31. The Kier molecular flexibility index (Phi) is 3.23. The zero-order valence-electron chi connectivity index (χ0n) is 9.69. The molecular formula is C11H19FN4. The largest absolute Gasteiger partial charge is 0.328 e. The highest BCUT2D eigenvalue weighted by Crippen LogP contribution is 2.33. The van der Waals surface area contributed by atoms with E-state index in [1.54, 1.807) is 4.68 Å². The highest BCUT2D eigenvalue weighted by atomic mass is 19.1. The van der Waals surface area contributed by atoms with Crippen LogP contribution in [-0.2, 0) is 13.0 Å². The van der Waals surface area contributed by atoms with Crippen molar-refractivity contribution in [3.8, 4) is 0 Å². The van der Waals surface area contributed by atoms with Crippen LogP contribution < -0.4 is 5.73 Å². The van der Waals surface area contributed by atoms with Crippen molar-refractivity contribution >= 4 is 0 Å². The molecule has 0 amide bonds. The van der Waals surface area contributed by atoms with E-state index < -0.39 is 5.67 Å². The number of halogens is 1. The molecule has 5 heteroatoms. The number of aromatic nitrogens is 3. The maximum absolute atomic E-state index is 14.5. The molecule has 4 nitrogen and oxygen atoms in total. The molecule has 0 atom stereocenters. The second-order valence-electron chi connectivity index (χ2n) is 4.66. The molecule has 2 N–H and O–H groups in total. The Morgan fingerprint density at radius 2 is 2.25 bits per heavy atom. The molecule has 0 unspecified atom stereocenters. The monoisotopic (exact) mass is 226 g/mol. The molecule has 1 heterocycles. The van der Waals surface area contributed by atoms with Crippen LogP contribution >= 0.6 is 0 Å². The van der Waals surface area contributed by atoms with E-state index in [0.29, 0.717) is 19.3 Å². The topological polar surface area (TPSA) is 56.7 Å². The molecule has 2 rings (SSSR count). The summed E-state index contributed by atoms with van der Waals surface area (Å²) >= 11 is 0. The van der Waals surface area contributed by atoms with Crippen LogP contribution in [0.25, 0.3) is 0 Å². The lowest BCUT2D eigenvalue weighted by Gasteiger charge is -2.32. The third-order valence-electron chi connectivity index (χ3n) is 3.40. The minimum atomic E-state index is -1.13. The number of nitrogens with zero attached hydrogens (tertiary/aromatic N) is 3. The van der Waals surface area contributed by atoms with Crippen molar-refractivity contribution in [2.24, 2.45) is 5.73 Å². The average molecular weight is 226 g/mol. The summed E-state index contributed by atoms with van der Waals surface area (Å²) in [5.41, 5.74) is 4.66. The third-order valence-corrected chi connectivity index (χ3v) is 3.40. The molecule has 1 fully saturated rings. The lowest BCUT2D eigenvalue weighted by atomic mass is 9.81. The highest BCUT2D eigenvalue weighted by molar-refractivity contribution is 4.97. The first-order valence-corrected chi connectivity index (χ1v) is 5.94. The first-order chi connectivity index (χ1) is 7.63. The van der Waals surface area contributed by atoms with Crippen LogP contribution in [0.15, 0.2) is 6.33 Å².